The van der Waals surface area contributed by atoms with Gasteiger partial charge in [0.1, 0.15) is 5.69 Å². The first-order valence-corrected chi connectivity index (χ1v) is 9.60. The second-order valence-electron chi connectivity index (χ2n) is 7.09. The van der Waals surface area contributed by atoms with Gasteiger partial charge in [-0.1, -0.05) is 61.0 Å². The molecule has 138 valence electrons. The van der Waals surface area contributed by atoms with Gasteiger partial charge >= 0.3 is 0 Å². The minimum atomic E-state index is 0.101. The van der Waals surface area contributed by atoms with E-state index in [4.69, 9.17) is 0 Å². The van der Waals surface area contributed by atoms with Gasteiger partial charge in [-0.05, 0) is 30.5 Å². The SMILES string of the molecule is CCCc1ccc(C(=O)N2CCC(n3cc(-c4ccccc4)nn3)C2)cc1. The summed E-state index contributed by atoms with van der Waals surface area (Å²) in [6.07, 6.45) is 5.05. The minimum Gasteiger partial charge on any atom is -0.336 e. The van der Waals surface area contributed by atoms with E-state index in [0.717, 1.165) is 42.6 Å². The van der Waals surface area contributed by atoms with Crippen LogP contribution in [0.3, 0.4) is 0 Å². The van der Waals surface area contributed by atoms with E-state index in [1.807, 2.05) is 58.2 Å². The van der Waals surface area contributed by atoms with Crippen molar-refractivity contribution in [2.45, 2.75) is 32.2 Å². The third-order valence-corrected chi connectivity index (χ3v) is 5.14. The van der Waals surface area contributed by atoms with Crippen LogP contribution in [0.4, 0.5) is 0 Å². The molecule has 2 aromatic carbocycles. The fourth-order valence-electron chi connectivity index (χ4n) is 3.62. The van der Waals surface area contributed by atoms with Crippen molar-refractivity contribution in [1.82, 2.24) is 19.9 Å². The van der Waals surface area contributed by atoms with Gasteiger partial charge in [0.15, 0.2) is 0 Å². The topological polar surface area (TPSA) is 51.0 Å². The molecule has 0 N–H and O–H groups in total. The first kappa shape index (κ1) is 17.5. The molecule has 1 atom stereocenters. The molecule has 1 aromatic heterocycles. The van der Waals surface area contributed by atoms with Gasteiger partial charge in [0.25, 0.3) is 5.91 Å². The molecule has 1 aliphatic rings. The van der Waals surface area contributed by atoms with Crippen molar-refractivity contribution in [2.75, 3.05) is 13.1 Å². The molecule has 4 rings (SSSR count). The molecule has 0 saturated carbocycles. The molecule has 0 spiro atoms. The zero-order valence-electron chi connectivity index (χ0n) is 15.6. The zero-order valence-corrected chi connectivity index (χ0v) is 15.6. The van der Waals surface area contributed by atoms with Gasteiger partial charge < -0.3 is 4.90 Å². The summed E-state index contributed by atoms with van der Waals surface area (Å²) in [5.74, 6) is 0.101. The molecular formula is C22H24N4O. The maximum absolute atomic E-state index is 12.8. The Morgan fingerprint density at radius 2 is 1.89 bits per heavy atom. The molecule has 0 bridgehead atoms. The molecule has 1 amide bonds. The molecule has 1 aliphatic heterocycles. The van der Waals surface area contributed by atoms with Crippen LogP contribution in [0.15, 0.2) is 60.8 Å². The van der Waals surface area contributed by atoms with Crippen molar-refractivity contribution < 1.29 is 4.79 Å². The standard InChI is InChI=1S/C22H24N4O/c1-2-6-17-9-11-19(12-10-17)22(27)25-14-13-20(15-25)26-16-21(23-24-26)18-7-4-3-5-8-18/h3-5,7-12,16,20H,2,6,13-15H2,1H3. The van der Waals surface area contributed by atoms with E-state index >= 15 is 0 Å². The summed E-state index contributed by atoms with van der Waals surface area (Å²) >= 11 is 0. The van der Waals surface area contributed by atoms with Crippen LogP contribution in [0.2, 0.25) is 0 Å². The van der Waals surface area contributed by atoms with Gasteiger partial charge in [0.2, 0.25) is 0 Å². The van der Waals surface area contributed by atoms with Crippen molar-refractivity contribution >= 4 is 5.91 Å². The van der Waals surface area contributed by atoms with Crippen molar-refractivity contribution in [2.24, 2.45) is 0 Å². The molecule has 1 saturated heterocycles. The van der Waals surface area contributed by atoms with Crippen LogP contribution < -0.4 is 0 Å². The Morgan fingerprint density at radius 1 is 1.11 bits per heavy atom. The van der Waals surface area contributed by atoms with Gasteiger partial charge in [0, 0.05) is 24.2 Å². The average molecular weight is 360 g/mol. The monoisotopic (exact) mass is 360 g/mol. The summed E-state index contributed by atoms with van der Waals surface area (Å²) in [7, 11) is 0. The lowest BCUT2D eigenvalue weighted by atomic mass is 10.1. The molecule has 5 heteroatoms. The molecule has 2 heterocycles. The molecule has 3 aromatic rings. The van der Waals surface area contributed by atoms with E-state index in [1.165, 1.54) is 5.56 Å². The highest BCUT2D eigenvalue weighted by atomic mass is 16.2. The van der Waals surface area contributed by atoms with Gasteiger partial charge in [0.05, 0.1) is 12.2 Å². The van der Waals surface area contributed by atoms with Gasteiger partial charge in [-0.3, -0.25) is 4.79 Å². The molecule has 27 heavy (non-hydrogen) atoms. The van der Waals surface area contributed by atoms with Crippen LogP contribution in [-0.2, 0) is 6.42 Å². The Morgan fingerprint density at radius 3 is 2.63 bits per heavy atom. The van der Waals surface area contributed by atoms with E-state index < -0.39 is 0 Å². The number of aryl methyl sites for hydroxylation is 1. The maximum Gasteiger partial charge on any atom is 0.253 e. The molecule has 1 fully saturated rings. The van der Waals surface area contributed by atoms with E-state index in [2.05, 4.69) is 29.4 Å². The maximum atomic E-state index is 12.8. The second kappa shape index (κ2) is 7.74. The van der Waals surface area contributed by atoms with Crippen LogP contribution in [0.25, 0.3) is 11.3 Å². The lowest BCUT2D eigenvalue weighted by Gasteiger charge is -2.16. The summed E-state index contributed by atoms with van der Waals surface area (Å²) in [5, 5.41) is 8.60. The summed E-state index contributed by atoms with van der Waals surface area (Å²) in [4.78, 5) is 14.7. The van der Waals surface area contributed by atoms with Crippen LogP contribution in [0.1, 0.15) is 41.7 Å². The highest BCUT2D eigenvalue weighted by Gasteiger charge is 2.29. The largest absolute Gasteiger partial charge is 0.336 e. The normalized spacial score (nSPS) is 16.6. The molecule has 0 radical (unpaired) electrons. The first-order valence-electron chi connectivity index (χ1n) is 9.60. The number of carbonyl (C=O) groups is 1. The highest BCUT2D eigenvalue weighted by Crippen LogP contribution is 2.24. The number of benzene rings is 2. The average Bonchev–Trinajstić information content (AvgIpc) is 3.39. The third kappa shape index (κ3) is 3.77. The smallest absolute Gasteiger partial charge is 0.253 e. The first-order chi connectivity index (χ1) is 13.2. The highest BCUT2D eigenvalue weighted by molar-refractivity contribution is 5.94. The Balaban J connectivity index is 1.42. The number of rotatable bonds is 5. The molecule has 1 unspecified atom stereocenters. The van der Waals surface area contributed by atoms with Crippen LogP contribution in [0.5, 0.6) is 0 Å². The zero-order chi connectivity index (χ0) is 18.6. The summed E-state index contributed by atoms with van der Waals surface area (Å²) in [6, 6.07) is 18.2. The Labute approximate surface area is 159 Å². The van der Waals surface area contributed by atoms with Gasteiger partial charge in [-0.2, -0.15) is 0 Å². The van der Waals surface area contributed by atoms with Crippen LogP contribution in [-0.4, -0.2) is 38.9 Å². The lowest BCUT2D eigenvalue weighted by molar-refractivity contribution is 0.0787. The van der Waals surface area contributed by atoms with Crippen molar-refractivity contribution in [1.29, 1.82) is 0 Å². The Bertz CT molecular complexity index is 902. The number of nitrogens with zero attached hydrogens (tertiary/aromatic N) is 4. The third-order valence-electron chi connectivity index (χ3n) is 5.14. The number of hydrogen-bond acceptors (Lipinski definition) is 3. The summed E-state index contributed by atoms with van der Waals surface area (Å²) in [5.41, 5.74) is 3.97. The van der Waals surface area contributed by atoms with Gasteiger partial charge in [-0.15, -0.1) is 5.10 Å². The Hall–Kier alpha value is -2.95. The van der Waals surface area contributed by atoms with Crippen molar-refractivity contribution in [3.8, 4) is 11.3 Å². The van der Waals surface area contributed by atoms with Gasteiger partial charge in [-0.25, -0.2) is 4.68 Å². The number of hydrogen-bond donors (Lipinski definition) is 0. The van der Waals surface area contributed by atoms with E-state index in [-0.39, 0.29) is 11.9 Å². The predicted octanol–water partition coefficient (Wildman–Crippen LogP) is 3.98. The fourth-order valence-corrected chi connectivity index (χ4v) is 3.62. The second-order valence-corrected chi connectivity index (χ2v) is 7.09. The number of likely N-dealkylation sites (tertiary alicyclic amines) is 1. The quantitative estimate of drug-likeness (QED) is 0.691. The fraction of sp³-hybridized carbons (Fsp3) is 0.318. The Kier molecular flexibility index (Phi) is 5.01. The van der Waals surface area contributed by atoms with Crippen molar-refractivity contribution in [3.63, 3.8) is 0 Å². The molecule has 5 nitrogen and oxygen atoms in total. The predicted molar refractivity (Wildman–Crippen MR) is 105 cm³/mol. The molecule has 0 aliphatic carbocycles. The number of amides is 1. The number of aromatic nitrogens is 3. The van der Waals surface area contributed by atoms with E-state index in [1.54, 1.807) is 0 Å². The van der Waals surface area contributed by atoms with Crippen molar-refractivity contribution in [3.05, 3.63) is 71.9 Å². The summed E-state index contributed by atoms with van der Waals surface area (Å²) < 4.78 is 1.90. The minimum absolute atomic E-state index is 0.101. The lowest BCUT2D eigenvalue weighted by Crippen LogP contribution is -2.29. The number of carbonyl (C=O) groups excluding carboxylic acids is 1. The van der Waals surface area contributed by atoms with Crippen LogP contribution >= 0.6 is 0 Å². The van der Waals surface area contributed by atoms with E-state index in [9.17, 15) is 4.79 Å². The molecular weight excluding hydrogens is 336 g/mol. The summed E-state index contributed by atoms with van der Waals surface area (Å²) in [6.45, 7) is 3.59. The van der Waals surface area contributed by atoms with E-state index in [0.29, 0.717) is 6.54 Å². The van der Waals surface area contributed by atoms with Crippen LogP contribution in [0, 0.1) is 0 Å².